The molecule has 1 heterocycles. The second kappa shape index (κ2) is 10.6. The Balaban J connectivity index is 0.000000233. The number of ether oxygens (including phenoxy) is 1. The molecule has 4 N–H and O–H groups in total. The minimum Gasteiger partial charge on any atom is -0.491 e. The molecule has 8 nitrogen and oxygen atoms in total. The first-order valence-corrected chi connectivity index (χ1v) is 11.4. The van der Waals surface area contributed by atoms with E-state index < -0.39 is 21.9 Å². The summed E-state index contributed by atoms with van der Waals surface area (Å²) in [4.78, 5) is 21.7. The van der Waals surface area contributed by atoms with E-state index >= 15 is 0 Å². The molecule has 0 fully saturated rings. The van der Waals surface area contributed by atoms with Gasteiger partial charge in [0.2, 0.25) is 5.91 Å². The first-order chi connectivity index (χ1) is 14.6. The Kier molecular flexibility index (Phi) is 8.17. The number of benzene rings is 2. The van der Waals surface area contributed by atoms with E-state index in [0.29, 0.717) is 5.56 Å². The summed E-state index contributed by atoms with van der Waals surface area (Å²) in [5.41, 5.74) is 5.66. The van der Waals surface area contributed by atoms with Crippen LogP contribution in [0.15, 0.2) is 70.9 Å². The maximum absolute atomic E-state index is 12.0. The first kappa shape index (κ1) is 23.9. The largest absolute Gasteiger partial charge is 0.491 e. The number of nitrogens with two attached hydrogens (primary N) is 1. The SMILES string of the molecule is CC(C)Oc1ccc(C(N)=O)cc1.O=C(O)c1sccc1NS(=O)(=O)c1ccccc1. The molecule has 1 aromatic heterocycles. The van der Waals surface area contributed by atoms with Gasteiger partial charge in [0.25, 0.3) is 10.0 Å². The molecule has 0 aliphatic heterocycles. The van der Waals surface area contributed by atoms with Gasteiger partial charge in [0.1, 0.15) is 10.6 Å². The summed E-state index contributed by atoms with van der Waals surface area (Å²) in [6.45, 7) is 3.89. The average molecular weight is 463 g/mol. The fourth-order valence-electron chi connectivity index (χ4n) is 2.33. The van der Waals surface area contributed by atoms with Gasteiger partial charge in [-0.2, -0.15) is 0 Å². The van der Waals surface area contributed by atoms with Gasteiger partial charge in [-0.3, -0.25) is 9.52 Å². The molecular formula is C21H22N2O6S2. The lowest BCUT2D eigenvalue weighted by Gasteiger charge is -2.09. The van der Waals surface area contributed by atoms with Crippen LogP contribution in [0.1, 0.15) is 33.9 Å². The highest BCUT2D eigenvalue weighted by Gasteiger charge is 2.19. The molecule has 0 bridgehead atoms. The number of carbonyl (C=O) groups excluding carboxylic acids is 1. The van der Waals surface area contributed by atoms with E-state index in [9.17, 15) is 18.0 Å². The molecule has 0 atom stereocenters. The summed E-state index contributed by atoms with van der Waals surface area (Å²) in [6, 6.07) is 16.0. The summed E-state index contributed by atoms with van der Waals surface area (Å²) in [7, 11) is -3.75. The van der Waals surface area contributed by atoms with Crippen LogP contribution in [-0.4, -0.2) is 31.5 Å². The molecule has 164 valence electrons. The lowest BCUT2D eigenvalue weighted by Crippen LogP contribution is -2.14. The predicted octanol–water partition coefficient (Wildman–Crippen LogP) is 3.82. The molecule has 10 heteroatoms. The highest BCUT2D eigenvalue weighted by atomic mass is 32.2. The van der Waals surface area contributed by atoms with Gasteiger partial charge in [-0.25, -0.2) is 13.2 Å². The molecule has 0 spiro atoms. The van der Waals surface area contributed by atoms with E-state index in [-0.39, 0.29) is 21.6 Å². The third-order valence-corrected chi connectivity index (χ3v) is 5.95. The van der Waals surface area contributed by atoms with Crippen molar-refractivity contribution in [1.29, 1.82) is 0 Å². The lowest BCUT2D eigenvalue weighted by atomic mass is 10.2. The standard InChI is InChI=1S/C11H9NO4S2.C10H13NO2/c13-11(14)10-9(6-7-17-10)12-18(15,16)8-4-2-1-3-5-8;1-7(2)13-9-5-3-8(4-6-9)10(11)12/h1-7,12H,(H,13,14);3-7H,1-2H3,(H2,11,12). The fraction of sp³-hybridized carbons (Fsp3) is 0.143. The van der Waals surface area contributed by atoms with E-state index in [1.807, 2.05) is 13.8 Å². The van der Waals surface area contributed by atoms with Crippen molar-refractivity contribution >= 4 is 38.9 Å². The van der Waals surface area contributed by atoms with Crippen LogP contribution in [-0.2, 0) is 10.0 Å². The van der Waals surface area contributed by atoms with Gasteiger partial charge in [-0.05, 0) is 61.7 Å². The van der Waals surface area contributed by atoms with Crippen molar-refractivity contribution < 1.29 is 27.9 Å². The molecule has 0 aliphatic rings. The fourth-order valence-corrected chi connectivity index (χ4v) is 4.17. The number of hydrogen-bond donors (Lipinski definition) is 3. The molecule has 31 heavy (non-hydrogen) atoms. The second-order valence-electron chi connectivity index (χ2n) is 6.44. The number of rotatable bonds is 7. The molecule has 3 rings (SSSR count). The molecule has 0 radical (unpaired) electrons. The maximum Gasteiger partial charge on any atom is 0.348 e. The quantitative estimate of drug-likeness (QED) is 0.488. The second-order valence-corrected chi connectivity index (χ2v) is 9.04. The first-order valence-electron chi connectivity index (χ1n) is 9.05. The highest BCUT2D eigenvalue weighted by molar-refractivity contribution is 7.92. The summed E-state index contributed by atoms with van der Waals surface area (Å²) < 4.78 is 31.6. The third kappa shape index (κ3) is 7.12. The van der Waals surface area contributed by atoms with E-state index in [1.54, 1.807) is 42.5 Å². The number of sulfonamides is 1. The molecule has 1 amide bonds. The minimum absolute atomic E-state index is 0.0329. The summed E-state index contributed by atoms with van der Waals surface area (Å²) in [5.74, 6) is -0.827. The Morgan fingerprint density at radius 1 is 1.03 bits per heavy atom. The summed E-state index contributed by atoms with van der Waals surface area (Å²) >= 11 is 0.967. The van der Waals surface area contributed by atoms with Crippen LogP contribution in [0.3, 0.4) is 0 Å². The number of carboxylic acids is 1. The number of aromatic carboxylic acids is 1. The number of amides is 1. The zero-order valence-electron chi connectivity index (χ0n) is 16.8. The van der Waals surface area contributed by atoms with Crippen LogP contribution >= 0.6 is 11.3 Å². The van der Waals surface area contributed by atoms with Gasteiger partial charge in [0.05, 0.1) is 16.7 Å². The number of nitrogens with one attached hydrogen (secondary N) is 1. The molecule has 3 aromatic rings. The van der Waals surface area contributed by atoms with Crippen LogP contribution in [0.25, 0.3) is 0 Å². The average Bonchev–Trinajstić information content (AvgIpc) is 3.17. The Morgan fingerprint density at radius 3 is 2.16 bits per heavy atom. The molecular weight excluding hydrogens is 440 g/mol. The van der Waals surface area contributed by atoms with Gasteiger partial charge >= 0.3 is 5.97 Å². The van der Waals surface area contributed by atoms with E-state index in [0.717, 1.165) is 17.1 Å². The summed E-state index contributed by atoms with van der Waals surface area (Å²) in [6.07, 6.45) is 0.138. The van der Waals surface area contributed by atoms with Crippen LogP contribution in [0, 0.1) is 0 Å². The van der Waals surface area contributed by atoms with Crippen molar-refractivity contribution in [3.8, 4) is 5.75 Å². The highest BCUT2D eigenvalue weighted by Crippen LogP contribution is 2.25. The van der Waals surface area contributed by atoms with Crippen LogP contribution < -0.4 is 15.2 Å². The molecule has 0 unspecified atom stereocenters. The van der Waals surface area contributed by atoms with Gasteiger partial charge in [-0.15, -0.1) is 11.3 Å². The van der Waals surface area contributed by atoms with Crippen LogP contribution in [0.4, 0.5) is 5.69 Å². The van der Waals surface area contributed by atoms with Crippen LogP contribution in [0.5, 0.6) is 5.75 Å². The molecule has 0 saturated heterocycles. The number of primary amides is 1. The normalized spacial score (nSPS) is 10.7. The zero-order valence-corrected chi connectivity index (χ0v) is 18.4. The number of anilines is 1. The lowest BCUT2D eigenvalue weighted by molar-refractivity contribution is 0.0703. The van der Waals surface area contributed by atoms with E-state index in [1.165, 1.54) is 23.6 Å². The Bertz CT molecular complexity index is 1120. The monoisotopic (exact) mass is 462 g/mol. The Labute approximate surface area is 184 Å². The zero-order chi connectivity index (χ0) is 23.0. The topological polar surface area (TPSA) is 136 Å². The van der Waals surface area contributed by atoms with E-state index in [2.05, 4.69) is 4.72 Å². The van der Waals surface area contributed by atoms with Gasteiger partial charge in [0, 0.05) is 5.56 Å². The maximum atomic E-state index is 12.0. The molecule has 0 saturated carbocycles. The summed E-state index contributed by atoms with van der Waals surface area (Å²) in [5, 5.41) is 10.4. The minimum atomic E-state index is -3.75. The van der Waals surface area contributed by atoms with Gasteiger partial charge in [0.15, 0.2) is 0 Å². The Morgan fingerprint density at radius 2 is 1.65 bits per heavy atom. The number of carboxylic acid groups (broad SMARTS) is 1. The predicted molar refractivity (Wildman–Crippen MR) is 119 cm³/mol. The van der Waals surface area contributed by atoms with Crippen LogP contribution in [0.2, 0.25) is 0 Å². The molecule has 0 aliphatic carbocycles. The molecule has 2 aromatic carbocycles. The van der Waals surface area contributed by atoms with E-state index in [4.69, 9.17) is 15.6 Å². The number of hydrogen-bond acceptors (Lipinski definition) is 6. The van der Waals surface area contributed by atoms with Gasteiger partial charge in [-0.1, -0.05) is 18.2 Å². The van der Waals surface area contributed by atoms with Crippen molar-refractivity contribution in [1.82, 2.24) is 0 Å². The van der Waals surface area contributed by atoms with Crippen molar-refractivity contribution in [2.24, 2.45) is 5.73 Å². The Hall–Kier alpha value is -3.37. The smallest absolute Gasteiger partial charge is 0.348 e. The van der Waals surface area contributed by atoms with Gasteiger partial charge < -0.3 is 15.6 Å². The van der Waals surface area contributed by atoms with Crippen molar-refractivity contribution in [3.63, 3.8) is 0 Å². The van der Waals surface area contributed by atoms with Crippen molar-refractivity contribution in [3.05, 3.63) is 76.5 Å². The van der Waals surface area contributed by atoms with Crippen molar-refractivity contribution in [2.45, 2.75) is 24.8 Å². The number of carbonyl (C=O) groups is 2. The third-order valence-electron chi connectivity index (χ3n) is 3.67. The number of thiophene rings is 1. The van der Waals surface area contributed by atoms with Crippen molar-refractivity contribution in [2.75, 3.05) is 4.72 Å².